The summed E-state index contributed by atoms with van der Waals surface area (Å²) in [6.45, 7) is 6.15. The number of benzene rings is 1. The summed E-state index contributed by atoms with van der Waals surface area (Å²) in [5, 5.41) is 3.19. The lowest BCUT2D eigenvalue weighted by molar-refractivity contribution is 0.142. The zero-order chi connectivity index (χ0) is 9.26. The Balaban J connectivity index is 2.10. The number of hydrogen-bond donors (Lipinski definition) is 1. The smallest absolute Gasteiger partial charge is 0.123 e. The average molecular weight is 177 g/mol. The number of nitrogens with one attached hydrogen (secondary N) is 1. The molecule has 0 unspecified atom stereocenters. The van der Waals surface area contributed by atoms with Gasteiger partial charge >= 0.3 is 0 Å². The van der Waals surface area contributed by atoms with Crippen LogP contribution in [0.4, 0.5) is 0 Å². The highest BCUT2D eigenvalue weighted by Gasteiger charge is 2.18. The second kappa shape index (κ2) is 3.38. The summed E-state index contributed by atoms with van der Waals surface area (Å²) in [4.78, 5) is 0. The molecular formula is C11H15NO. The van der Waals surface area contributed by atoms with Crippen molar-refractivity contribution in [2.24, 2.45) is 0 Å². The van der Waals surface area contributed by atoms with Gasteiger partial charge in [0, 0.05) is 13.1 Å². The number of rotatable bonds is 2. The van der Waals surface area contributed by atoms with Crippen LogP contribution in [0.5, 0.6) is 5.75 Å². The van der Waals surface area contributed by atoms with Gasteiger partial charge in [0.05, 0.1) is 0 Å². The van der Waals surface area contributed by atoms with Crippen LogP contribution in [0.15, 0.2) is 18.2 Å². The molecule has 2 rings (SSSR count). The summed E-state index contributed by atoms with van der Waals surface area (Å²) in [6, 6.07) is 6.34. The molecule has 0 aliphatic carbocycles. The van der Waals surface area contributed by atoms with Crippen LogP contribution in [-0.2, 0) is 0 Å². The summed E-state index contributed by atoms with van der Waals surface area (Å²) in [5.74, 6) is 1.00. The first-order valence-corrected chi connectivity index (χ1v) is 4.70. The summed E-state index contributed by atoms with van der Waals surface area (Å²) in [6.07, 6.45) is 0.376. The highest BCUT2D eigenvalue weighted by molar-refractivity contribution is 5.33. The van der Waals surface area contributed by atoms with Crippen molar-refractivity contribution < 1.29 is 4.74 Å². The summed E-state index contributed by atoms with van der Waals surface area (Å²) in [7, 11) is 0. The lowest BCUT2D eigenvalue weighted by atomic mass is 10.1. The van der Waals surface area contributed by atoms with Crippen molar-refractivity contribution >= 4 is 0 Å². The van der Waals surface area contributed by atoms with Gasteiger partial charge in [0.1, 0.15) is 11.9 Å². The van der Waals surface area contributed by atoms with E-state index < -0.39 is 0 Å². The molecule has 1 aromatic carbocycles. The first-order valence-electron chi connectivity index (χ1n) is 4.70. The Labute approximate surface area is 78.9 Å². The molecule has 70 valence electrons. The predicted molar refractivity (Wildman–Crippen MR) is 53.2 cm³/mol. The van der Waals surface area contributed by atoms with E-state index in [2.05, 4.69) is 37.4 Å². The molecule has 2 heteroatoms. The van der Waals surface area contributed by atoms with Crippen molar-refractivity contribution in [1.82, 2.24) is 5.32 Å². The number of ether oxygens (including phenoxy) is 1. The second-order valence-electron chi connectivity index (χ2n) is 3.72. The monoisotopic (exact) mass is 177 g/mol. The lowest BCUT2D eigenvalue weighted by Gasteiger charge is -2.28. The molecule has 0 spiro atoms. The highest BCUT2D eigenvalue weighted by atomic mass is 16.5. The fourth-order valence-electron chi connectivity index (χ4n) is 1.54. The topological polar surface area (TPSA) is 21.3 Å². The van der Waals surface area contributed by atoms with Gasteiger partial charge in [0.2, 0.25) is 0 Å². The molecular weight excluding hydrogens is 162 g/mol. The lowest BCUT2D eigenvalue weighted by Crippen LogP contribution is -2.50. The van der Waals surface area contributed by atoms with Gasteiger partial charge in [-0.05, 0) is 37.1 Å². The molecule has 1 aliphatic rings. The van der Waals surface area contributed by atoms with Crippen LogP contribution in [0, 0.1) is 13.8 Å². The van der Waals surface area contributed by atoms with Gasteiger partial charge in [0.25, 0.3) is 0 Å². The minimum Gasteiger partial charge on any atom is -0.488 e. The van der Waals surface area contributed by atoms with Crippen LogP contribution >= 0.6 is 0 Å². The predicted octanol–water partition coefficient (Wildman–Crippen LogP) is 1.65. The van der Waals surface area contributed by atoms with Crippen molar-refractivity contribution in [2.45, 2.75) is 20.0 Å². The van der Waals surface area contributed by atoms with E-state index in [0.717, 1.165) is 18.8 Å². The zero-order valence-electron chi connectivity index (χ0n) is 8.13. The van der Waals surface area contributed by atoms with Gasteiger partial charge < -0.3 is 10.1 Å². The van der Waals surface area contributed by atoms with E-state index in [9.17, 15) is 0 Å². The molecule has 1 fully saturated rings. The molecule has 0 bridgehead atoms. The number of aryl methyl sites for hydroxylation is 2. The minimum atomic E-state index is 0.376. The third-order valence-corrected chi connectivity index (χ3v) is 2.24. The maximum Gasteiger partial charge on any atom is 0.123 e. The fourth-order valence-corrected chi connectivity index (χ4v) is 1.54. The third kappa shape index (κ3) is 2.01. The van der Waals surface area contributed by atoms with E-state index in [1.807, 2.05) is 0 Å². The first-order chi connectivity index (χ1) is 6.24. The Morgan fingerprint density at radius 1 is 1.15 bits per heavy atom. The highest BCUT2D eigenvalue weighted by Crippen LogP contribution is 2.18. The molecule has 1 aromatic rings. The second-order valence-corrected chi connectivity index (χ2v) is 3.72. The van der Waals surface area contributed by atoms with E-state index in [1.165, 1.54) is 11.1 Å². The van der Waals surface area contributed by atoms with Gasteiger partial charge in [-0.3, -0.25) is 0 Å². The van der Waals surface area contributed by atoms with Gasteiger partial charge in [-0.2, -0.15) is 0 Å². The van der Waals surface area contributed by atoms with Gasteiger partial charge in [-0.25, -0.2) is 0 Å². The van der Waals surface area contributed by atoms with Crippen molar-refractivity contribution in [3.63, 3.8) is 0 Å². The van der Waals surface area contributed by atoms with Crippen LogP contribution in [-0.4, -0.2) is 19.2 Å². The minimum absolute atomic E-state index is 0.376. The van der Waals surface area contributed by atoms with Crippen molar-refractivity contribution in [1.29, 1.82) is 0 Å². The molecule has 0 saturated carbocycles. The van der Waals surface area contributed by atoms with Gasteiger partial charge in [-0.15, -0.1) is 0 Å². The van der Waals surface area contributed by atoms with Crippen molar-refractivity contribution in [2.75, 3.05) is 13.1 Å². The molecule has 2 nitrogen and oxygen atoms in total. The largest absolute Gasteiger partial charge is 0.488 e. The number of hydrogen-bond acceptors (Lipinski definition) is 2. The molecule has 0 radical (unpaired) electrons. The summed E-state index contributed by atoms with van der Waals surface area (Å²) >= 11 is 0. The van der Waals surface area contributed by atoms with Gasteiger partial charge in [-0.1, -0.05) is 6.07 Å². The van der Waals surface area contributed by atoms with E-state index >= 15 is 0 Å². The molecule has 1 N–H and O–H groups in total. The maximum atomic E-state index is 5.75. The zero-order valence-corrected chi connectivity index (χ0v) is 8.13. The van der Waals surface area contributed by atoms with Crippen molar-refractivity contribution in [3.8, 4) is 5.75 Å². The van der Waals surface area contributed by atoms with Crippen LogP contribution in [0.2, 0.25) is 0 Å². The normalized spacial score (nSPS) is 16.8. The molecule has 1 saturated heterocycles. The maximum absolute atomic E-state index is 5.75. The third-order valence-electron chi connectivity index (χ3n) is 2.24. The molecule has 0 amide bonds. The van der Waals surface area contributed by atoms with Crippen LogP contribution in [0.3, 0.4) is 0 Å². The fraction of sp³-hybridized carbons (Fsp3) is 0.455. The van der Waals surface area contributed by atoms with E-state index in [1.54, 1.807) is 0 Å². The average Bonchev–Trinajstić information content (AvgIpc) is 1.95. The summed E-state index contributed by atoms with van der Waals surface area (Å²) < 4.78 is 5.75. The Morgan fingerprint density at radius 3 is 2.23 bits per heavy atom. The van der Waals surface area contributed by atoms with E-state index in [-0.39, 0.29) is 0 Å². The van der Waals surface area contributed by atoms with Crippen LogP contribution in [0.1, 0.15) is 11.1 Å². The SMILES string of the molecule is Cc1cc(C)cc(OC2CNC2)c1. The van der Waals surface area contributed by atoms with Gasteiger partial charge in [0.15, 0.2) is 0 Å². The molecule has 1 heterocycles. The van der Waals surface area contributed by atoms with Crippen LogP contribution in [0.25, 0.3) is 0 Å². The Bertz CT molecular complexity index is 285. The van der Waals surface area contributed by atoms with Crippen molar-refractivity contribution in [3.05, 3.63) is 29.3 Å². The molecule has 0 atom stereocenters. The van der Waals surface area contributed by atoms with E-state index in [4.69, 9.17) is 4.74 Å². The van der Waals surface area contributed by atoms with Crippen LogP contribution < -0.4 is 10.1 Å². The molecule has 1 aliphatic heterocycles. The Hall–Kier alpha value is -1.02. The standard InChI is InChI=1S/C11H15NO/c1-8-3-9(2)5-10(4-8)13-11-6-12-7-11/h3-5,11-12H,6-7H2,1-2H3. The molecule has 0 aromatic heterocycles. The molecule has 13 heavy (non-hydrogen) atoms. The summed E-state index contributed by atoms with van der Waals surface area (Å²) in [5.41, 5.74) is 2.53. The Kier molecular flexibility index (Phi) is 2.23. The first kappa shape index (κ1) is 8.57. The van der Waals surface area contributed by atoms with E-state index in [0.29, 0.717) is 6.10 Å². The Morgan fingerprint density at radius 2 is 1.77 bits per heavy atom. The quantitative estimate of drug-likeness (QED) is 0.741.